The van der Waals surface area contributed by atoms with Crippen LogP contribution in [0.4, 0.5) is 10.2 Å². The summed E-state index contributed by atoms with van der Waals surface area (Å²) in [6.07, 6.45) is -0.444. The topological polar surface area (TPSA) is 45.1 Å². The van der Waals surface area contributed by atoms with E-state index in [0.29, 0.717) is 12.4 Å². The third-order valence-corrected chi connectivity index (χ3v) is 1.98. The predicted molar refractivity (Wildman–Crippen MR) is 53.5 cm³/mol. The van der Waals surface area contributed by atoms with Crippen LogP contribution in [0.25, 0.3) is 0 Å². The van der Waals surface area contributed by atoms with E-state index in [1.807, 2.05) is 13.8 Å². The van der Waals surface area contributed by atoms with Gasteiger partial charge >= 0.3 is 0 Å². The molecular formula is C10H15FN2O. The number of rotatable bonds is 4. The van der Waals surface area contributed by atoms with Crippen molar-refractivity contribution in [3.63, 3.8) is 0 Å². The van der Waals surface area contributed by atoms with Gasteiger partial charge in [-0.15, -0.1) is 0 Å². The first-order chi connectivity index (χ1) is 6.59. The van der Waals surface area contributed by atoms with Crippen molar-refractivity contribution in [2.45, 2.75) is 20.0 Å². The molecule has 4 heteroatoms. The molecule has 0 aliphatic carbocycles. The zero-order chi connectivity index (χ0) is 10.6. The van der Waals surface area contributed by atoms with E-state index in [-0.39, 0.29) is 5.92 Å². The van der Waals surface area contributed by atoms with Crippen molar-refractivity contribution in [2.75, 3.05) is 11.9 Å². The van der Waals surface area contributed by atoms with Crippen LogP contribution < -0.4 is 5.32 Å². The third kappa shape index (κ3) is 3.30. The number of anilines is 1. The van der Waals surface area contributed by atoms with Gasteiger partial charge in [0.25, 0.3) is 0 Å². The van der Waals surface area contributed by atoms with Crippen LogP contribution in [-0.2, 0) is 0 Å². The molecular weight excluding hydrogens is 183 g/mol. The van der Waals surface area contributed by atoms with Crippen LogP contribution >= 0.6 is 0 Å². The van der Waals surface area contributed by atoms with Crippen molar-refractivity contribution in [1.82, 2.24) is 4.98 Å². The minimum Gasteiger partial charge on any atom is -0.391 e. The van der Waals surface area contributed by atoms with Gasteiger partial charge in [0.05, 0.1) is 6.10 Å². The van der Waals surface area contributed by atoms with E-state index in [1.54, 1.807) is 12.1 Å². The number of aliphatic hydroxyl groups excluding tert-OH is 1. The van der Waals surface area contributed by atoms with E-state index in [9.17, 15) is 9.50 Å². The number of halogens is 1. The molecule has 3 nitrogen and oxygen atoms in total. The van der Waals surface area contributed by atoms with Crippen LogP contribution in [0.5, 0.6) is 0 Å². The maximum Gasteiger partial charge on any atom is 0.214 e. The summed E-state index contributed by atoms with van der Waals surface area (Å²) >= 11 is 0. The third-order valence-electron chi connectivity index (χ3n) is 1.98. The second kappa shape index (κ2) is 4.91. The summed E-state index contributed by atoms with van der Waals surface area (Å²) in [6, 6.07) is 4.52. The number of aromatic nitrogens is 1. The van der Waals surface area contributed by atoms with Crippen molar-refractivity contribution in [3.8, 4) is 0 Å². The SMILES string of the molecule is CC(C)C(O)CNc1cccc(F)n1. The summed E-state index contributed by atoms with van der Waals surface area (Å²) < 4.78 is 12.6. The lowest BCUT2D eigenvalue weighted by Crippen LogP contribution is -2.25. The molecule has 0 saturated carbocycles. The quantitative estimate of drug-likeness (QED) is 0.723. The minimum atomic E-state index is -0.519. The molecule has 1 unspecified atom stereocenters. The molecule has 0 saturated heterocycles. The molecule has 0 radical (unpaired) electrons. The average Bonchev–Trinajstić information content (AvgIpc) is 2.14. The smallest absolute Gasteiger partial charge is 0.214 e. The van der Waals surface area contributed by atoms with E-state index in [0.717, 1.165) is 0 Å². The van der Waals surface area contributed by atoms with Crippen LogP contribution in [0.2, 0.25) is 0 Å². The highest BCUT2D eigenvalue weighted by Crippen LogP contribution is 2.06. The highest BCUT2D eigenvalue weighted by Gasteiger charge is 2.08. The van der Waals surface area contributed by atoms with Crippen LogP contribution in [-0.4, -0.2) is 22.7 Å². The number of nitrogens with zero attached hydrogens (tertiary/aromatic N) is 1. The first-order valence-corrected chi connectivity index (χ1v) is 4.64. The highest BCUT2D eigenvalue weighted by molar-refractivity contribution is 5.33. The van der Waals surface area contributed by atoms with Gasteiger partial charge in [-0.3, -0.25) is 0 Å². The van der Waals surface area contributed by atoms with Gasteiger partial charge < -0.3 is 10.4 Å². The van der Waals surface area contributed by atoms with Gasteiger partial charge in [-0.1, -0.05) is 19.9 Å². The number of hydrogen-bond donors (Lipinski definition) is 2. The summed E-state index contributed by atoms with van der Waals surface area (Å²) in [4.78, 5) is 3.62. The Morgan fingerprint density at radius 1 is 1.50 bits per heavy atom. The van der Waals surface area contributed by atoms with Gasteiger partial charge in [-0.25, -0.2) is 4.98 Å². The molecule has 1 aromatic rings. The van der Waals surface area contributed by atoms with Crippen LogP contribution in [0, 0.1) is 11.9 Å². The molecule has 14 heavy (non-hydrogen) atoms. The molecule has 1 heterocycles. The maximum atomic E-state index is 12.6. The summed E-state index contributed by atoms with van der Waals surface area (Å²) in [5, 5.41) is 12.3. The summed E-state index contributed by atoms with van der Waals surface area (Å²) in [7, 11) is 0. The second-order valence-electron chi connectivity index (χ2n) is 3.54. The van der Waals surface area contributed by atoms with Crippen molar-refractivity contribution < 1.29 is 9.50 Å². The second-order valence-corrected chi connectivity index (χ2v) is 3.54. The van der Waals surface area contributed by atoms with Gasteiger partial charge in [0.15, 0.2) is 0 Å². The molecule has 1 aromatic heterocycles. The summed E-state index contributed by atoms with van der Waals surface area (Å²) in [5.41, 5.74) is 0. The molecule has 0 fully saturated rings. The van der Waals surface area contributed by atoms with E-state index < -0.39 is 12.1 Å². The van der Waals surface area contributed by atoms with E-state index in [4.69, 9.17) is 0 Å². The molecule has 0 bridgehead atoms. The Kier molecular flexibility index (Phi) is 3.83. The van der Waals surface area contributed by atoms with Gasteiger partial charge in [-0.2, -0.15) is 4.39 Å². The average molecular weight is 198 g/mol. The molecule has 78 valence electrons. The Morgan fingerprint density at radius 2 is 2.21 bits per heavy atom. The molecule has 0 spiro atoms. The molecule has 1 rings (SSSR count). The predicted octanol–water partition coefficient (Wildman–Crippen LogP) is 1.65. The monoisotopic (exact) mass is 198 g/mol. The van der Waals surface area contributed by atoms with Gasteiger partial charge in [0.2, 0.25) is 5.95 Å². The number of pyridine rings is 1. The highest BCUT2D eigenvalue weighted by atomic mass is 19.1. The zero-order valence-electron chi connectivity index (χ0n) is 8.37. The fourth-order valence-corrected chi connectivity index (χ4v) is 0.952. The standard InChI is InChI=1S/C10H15FN2O/c1-7(2)8(14)6-12-10-5-3-4-9(11)13-10/h3-5,7-8,14H,6H2,1-2H3,(H,12,13). The normalized spacial score (nSPS) is 12.9. The lowest BCUT2D eigenvalue weighted by Gasteiger charge is -2.15. The van der Waals surface area contributed by atoms with Crippen molar-refractivity contribution >= 4 is 5.82 Å². The van der Waals surface area contributed by atoms with Gasteiger partial charge in [0, 0.05) is 6.54 Å². The maximum absolute atomic E-state index is 12.6. The van der Waals surface area contributed by atoms with Crippen molar-refractivity contribution in [2.24, 2.45) is 5.92 Å². The van der Waals surface area contributed by atoms with E-state index in [2.05, 4.69) is 10.3 Å². The molecule has 0 aliphatic rings. The van der Waals surface area contributed by atoms with Crippen molar-refractivity contribution in [3.05, 3.63) is 24.1 Å². The Labute approximate surface area is 83.0 Å². The van der Waals surface area contributed by atoms with E-state index >= 15 is 0 Å². The first kappa shape index (κ1) is 10.9. The van der Waals surface area contributed by atoms with E-state index in [1.165, 1.54) is 6.07 Å². The lowest BCUT2D eigenvalue weighted by molar-refractivity contribution is 0.138. The number of aliphatic hydroxyl groups is 1. The number of nitrogens with one attached hydrogen (secondary N) is 1. The first-order valence-electron chi connectivity index (χ1n) is 4.64. The van der Waals surface area contributed by atoms with Crippen LogP contribution in [0.1, 0.15) is 13.8 Å². The lowest BCUT2D eigenvalue weighted by atomic mass is 10.1. The molecule has 0 amide bonds. The van der Waals surface area contributed by atoms with Crippen molar-refractivity contribution in [1.29, 1.82) is 0 Å². The van der Waals surface area contributed by atoms with Crippen LogP contribution in [0.15, 0.2) is 18.2 Å². The van der Waals surface area contributed by atoms with Gasteiger partial charge in [0.1, 0.15) is 5.82 Å². The van der Waals surface area contributed by atoms with Crippen LogP contribution in [0.3, 0.4) is 0 Å². The number of hydrogen-bond acceptors (Lipinski definition) is 3. The zero-order valence-corrected chi connectivity index (χ0v) is 8.37. The minimum absolute atomic E-state index is 0.177. The molecule has 2 N–H and O–H groups in total. The Balaban J connectivity index is 2.45. The fraction of sp³-hybridized carbons (Fsp3) is 0.500. The largest absolute Gasteiger partial charge is 0.391 e. The Morgan fingerprint density at radius 3 is 2.79 bits per heavy atom. The fourth-order valence-electron chi connectivity index (χ4n) is 0.952. The Hall–Kier alpha value is -1.16. The molecule has 1 atom stereocenters. The summed E-state index contributed by atoms with van der Waals surface area (Å²) in [5.74, 6) is 0.106. The molecule has 0 aliphatic heterocycles. The summed E-state index contributed by atoms with van der Waals surface area (Å²) in [6.45, 7) is 4.23. The molecule has 0 aromatic carbocycles. The Bertz CT molecular complexity index is 291. The van der Waals surface area contributed by atoms with Gasteiger partial charge in [-0.05, 0) is 18.1 Å².